The lowest BCUT2D eigenvalue weighted by atomic mass is 9.49. The van der Waals surface area contributed by atoms with Crippen LogP contribution in [0.25, 0.3) is 0 Å². The minimum atomic E-state index is -4.78. The molecule has 17 heteroatoms. The molecule has 52 heavy (non-hydrogen) atoms. The number of benzene rings is 2. The lowest BCUT2D eigenvalue weighted by molar-refractivity contribution is -0.140. The molecule has 2 N–H and O–H groups in total. The number of hydrogen-bond acceptors (Lipinski definition) is 10. The molecular weight excluding hydrogens is 732 g/mol. The van der Waals surface area contributed by atoms with Crippen LogP contribution in [-0.2, 0) is 35.5 Å². The number of methoxy groups -OCH3 is 2. The summed E-state index contributed by atoms with van der Waals surface area (Å²) in [5.74, 6) is -9.65. The first-order valence-electron chi connectivity index (χ1n) is 15.8. The van der Waals surface area contributed by atoms with Crippen LogP contribution in [0.3, 0.4) is 0 Å². The molecule has 2 aromatic carbocycles. The lowest BCUT2D eigenvalue weighted by Gasteiger charge is -2.50. The number of phenols is 1. The number of hydrogen-bond donors (Lipinski definition) is 2. The molecule has 3 aromatic rings. The molecule has 0 spiro atoms. The Bertz CT molecular complexity index is 2090. The average Bonchev–Trinajstić information content (AvgIpc) is 3.49. The van der Waals surface area contributed by atoms with Crippen LogP contribution in [0.2, 0.25) is 10.0 Å². The van der Waals surface area contributed by atoms with Crippen LogP contribution in [-0.4, -0.2) is 63.9 Å². The maximum absolute atomic E-state index is 15.2. The molecule has 2 saturated heterocycles. The third-order valence-corrected chi connectivity index (χ3v) is 11.0. The maximum atomic E-state index is 15.2. The van der Waals surface area contributed by atoms with E-state index in [1.807, 2.05) is 0 Å². The zero-order chi connectivity index (χ0) is 37.4. The van der Waals surface area contributed by atoms with Crippen LogP contribution in [0.5, 0.6) is 11.5 Å². The van der Waals surface area contributed by atoms with Gasteiger partial charge in [-0.3, -0.25) is 24.6 Å². The third-order valence-electron chi connectivity index (χ3n) is 10.5. The fourth-order valence-electron chi connectivity index (χ4n) is 8.34. The highest BCUT2D eigenvalue weighted by molar-refractivity contribution is 6.33. The zero-order valence-electron chi connectivity index (χ0n) is 27.1. The maximum Gasteiger partial charge on any atom is 0.423 e. The van der Waals surface area contributed by atoms with Gasteiger partial charge in [-0.2, -0.15) is 23.1 Å². The van der Waals surface area contributed by atoms with E-state index in [-0.39, 0.29) is 35.5 Å². The number of hydrazine groups is 1. The number of alkyl halides is 3. The molecule has 5 amide bonds. The molecule has 0 unspecified atom stereocenters. The van der Waals surface area contributed by atoms with E-state index in [2.05, 4.69) is 10.4 Å². The number of aromatic nitrogens is 1. The first kappa shape index (κ1) is 35.3. The number of nitrogens with one attached hydrogen (secondary N) is 1. The smallest absolute Gasteiger partial charge is 0.423 e. The number of halogens is 5. The van der Waals surface area contributed by atoms with Gasteiger partial charge >= 0.3 is 12.3 Å². The Hall–Kier alpha value is -5.15. The van der Waals surface area contributed by atoms with Crippen molar-refractivity contribution in [2.75, 3.05) is 19.6 Å². The number of amides is 5. The van der Waals surface area contributed by atoms with Crippen molar-refractivity contribution in [2.24, 2.45) is 23.7 Å². The molecule has 3 heterocycles. The topological polar surface area (TPSA) is 155 Å². The molecule has 1 saturated carbocycles. The van der Waals surface area contributed by atoms with Gasteiger partial charge in [0.2, 0.25) is 11.8 Å². The summed E-state index contributed by atoms with van der Waals surface area (Å²) in [6.07, 6.45) is -3.97. The van der Waals surface area contributed by atoms with Gasteiger partial charge in [0.25, 0.3) is 11.8 Å². The van der Waals surface area contributed by atoms with Crippen LogP contribution >= 0.6 is 23.2 Å². The van der Waals surface area contributed by atoms with Crippen LogP contribution in [0.15, 0.2) is 66.4 Å². The molecule has 4 aliphatic rings. The summed E-state index contributed by atoms with van der Waals surface area (Å²) < 4.78 is 50.4. The highest BCUT2D eigenvalue weighted by Gasteiger charge is 2.71. The molecule has 0 bridgehead atoms. The van der Waals surface area contributed by atoms with E-state index in [1.54, 1.807) is 24.3 Å². The van der Waals surface area contributed by atoms with Crippen LogP contribution in [0.1, 0.15) is 35.4 Å². The molecule has 7 rings (SSSR count). The number of likely N-dealkylation sites (tertiary alicyclic amines) is 1. The number of rotatable bonds is 5. The van der Waals surface area contributed by atoms with E-state index in [4.69, 9.17) is 32.7 Å². The van der Waals surface area contributed by atoms with E-state index < -0.39 is 87.3 Å². The van der Waals surface area contributed by atoms with Crippen molar-refractivity contribution in [3.8, 4) is 11.5 Å². The predicted octanol–water partition coefficient (Wildman–Crippen LogP) is 5.87. The average molecular weight is 760 g/mol. The van der Waals surface area contributed by atoms with Crippen molar-refractivity contribution in [2.45, 2.75) is 30.4 Å². The van der Waals surface area contributed by atoms with Gasteiger partial charge in [-0.25, -0.2) is 9.78 Å². The van der Waals surface area contributed by atoms with Crippen molar-refractivity contribution >= 4 is 58.7 Å². The summed E-state index contributed by atoms with van der Waals surface area (Å²) in [6, 6.07) is 11.3. The summed E-state index contributed by atoms with van der Waals surface area (Å²) in [4.78, 5) is 74.0. The van der Waals surface area contributed by atoms with Crippen molar-refractivity contribution in [3.05, 3.63) is 93.1 Å². The van der Waals surface area contributed by atoms with E-state index in [0.717, 1.165) is 7.11 Å². The molecular formula is C35H27Cl2F3N4O8. The number of fused-ring (bicyclic) bond motifs is 4. The number of carbonyl (C=O) groups excluding carboxylic acids is 5. The second-order valence-electron chi connectivity index (χ2n) is 12.8. The number of pyridine rings is 1. The molecule has 3 fully saturated rings. The second kappa shape index (κ2) is 12.5. The standard InChI is InChI=1S/C35H27Cl2F3N4O8/c1-51-24-5-3-4-20(27(24)45)26-18-10-11-19-25(31(48)43(29(19)46)33(50)52-2)21(18)13-22-30(47)44(32(49)34(22,26)15-6-8-17(36)9-7-15)42-28-23(37)12-16(14-41-28)35(38,39)40/h3-10,12,14,19,21-22,25-26,45H,11,13H2,1-2H3,(H,41,42)/t19-,21+,22-,25-,26+,34+/m0/s1. The van der Waals surface area contributed by atoms with Crippen LogP contribution in [0.4, 0.5) is 23.8 Å². The van der Waals surface area contributed by atoms with Gasteiger partial charge in [0.15, 0.2) is 17.3 Å². The van der Waals surface area contributed by atoms with Crippen LogP contribution < -0.4 is 10.2 Å². The lowest BCUT2D eigenvalue weighted by Crippen LogP contribution is -2.53. The number of aromatic hydroxyl groups is 1. The summed E-state index contributed by atoms with van der Waals surface area (Å²) in [5, 5.41) is 12.1. The van der Waals surface area contributed by atoms with Gasteiger partial charge in [0.05, 0.1) is 48.0 Å². The molecule has 2 aliphatic carbocycles. The van der Waals surface area contributed by atoms with Crippen molar-refractivity contribution in [1.29, 1.82) is 0 Å². The number of anilines is 1. The number of ether oxygens (including phenoxy) is 2. The number of para-hydroxylation sites is 1. The monoisotopic (exact) mass is 758 g/mol. The Morgan fingerprint density at radius 1 is 1.02 bits per heavy atom. The Morgan fingerprint density at radius 2 is 1.73 bits per heavy atom. The number of phenolic OH excluding ortho intramolecular Hbond substituents is 1. The minimum absolute atomic E-state index is 0.0215. The number of carbonyl (C=O) groups is 5. The van der Waals surface area contributed by atoms with Crippen molar-refractivity contribution in [3.63, 3.8) is 0 Å². The SMILES string of the molecule is COC(=O)N1C(=O)[C@H]2[C@H](CC=C3[C@H]2C[C@H]2C(=O)N(Nc4ncc(C(F)(F)F)cc4Cl)C(=O)[C@@]2(c2ccc(Cl)cc2)[C@H]3c2cccc(OC)c2O)C1=O. The Morgan fingerprint density at radius 3 is 2.37 bits per heavy atom. The largest absolute Gasteiger partial charge is 0.504 e. The van der Waals surface area contributed by atoms with Gasteiger partial charge < -0.3 is 14.6 Å². The molecule has 270 valence electrons. The Kier molecular flexibility index (Phi) is 8.49. The quantitative estimate of drug-likeness (QED) is 0.238. The van der Waals surface area contributed by atoms with E-state index in [1.165, 1.54) is 31.4 Å². The molecule has 1 aromatic heterocycles. The first-order valence-corrected chi connectivity index (χ1v) is 16.6. The number of imide groups is 4. The molecule has 2 aliphatic heterocycles. The second-order valence-corrected chi connectivity index (χ2v) is 13.6. The summed E-state index contributed by atoms with van der Waals surface area (Å²) >= 11 is 12.5. The van der Waals surface area contributed by atoms with Gasteiger partial charge in [0.1, 0.15) is 0 Å². The Balaban J connectivity index is 1.45. The fraction of sp³-hybridized carbons (Fsp3) is 0.314. The van der Waals surface area contributed by atoms with E-state index in [9.17, 15) is 37.5 Å². The van der Waals surface area contributed by atoms with Gasteiger partial charge in [-0.1, -0.05) is 59.1 Å². The number of nitrogens with zero attached hydrogens (tertiary/aromatic N) is 3. The first-order chi connectivity index (χ1) is 24.7. The Labute approximate surface area is 303 Å². The third kappa shape index (κ3) is 5.04. The van der Waals surface area contributed by atoms with Gasteiger partial charge in [-0.05, 0) is 48.6 Å². The summed E-state index contributed by atoms with van der Waals surface area (Å²) in [5.41, 5.74) is 0.352. The van der Waals surface area contributed by atoms with E-state index >= 15 is 4.79 Å². The van der Waals surface area contributed by atoms with Gasteiger partial charge in [-0.15, -0.1) is 0 Å². The normalized spacial score (nSPS) is 26.8. The fourth-order valence-corrected chi connectivity index (χ4v) is 8.67. The predicted molar refractivity (Wildman–Crippen MR) is 176 cm³/mol. The van der Waals surface area contributed by atoms with E-state index in [0.29, 0.717) is 32.8 Å². The van der Waals surface area contributed by atoms with Gasteiger partial charge in [0, 0.05) is 22.7 Å². The zero-order valence-corrected chi connectivity index (χ0v) is 28.6. The minimum Gasteiger partial charge on any atom is -0.504 e. The number of allylic oxidation sites excluding steroid dienone is 2. The molecule has 0 radical (unpaired) electrons. The molecule has 6 atom stereocenters. The van der Waals surface area contributed by atoms with Crippen molar-refractivity contribution in [1.82, 2.24) is 14.9 Å². The summed E-state index contributed by atoms with van der Waals surface area (Å²) in [7, 11) is 2.35. The highest BCUT2D eigenvalue weighted by Crippen LogP contribution is 2.65. The summed E-state index contributed by atoms with van der Waals surface area (Å²) in [6.45, 7) is 0. The van der Waals surface area contributed by atoms with Crippen LogP contribution in [0, 0.1) is 23.7 Å². The highest BCUT2D eigenvalue weighted by atomic mass is 35.5. The van der Waals surface area contributed by atoms with Crippen molar-refractivity contribution < 1.29 is 51.7 Å². The molecule has 12 nitrogen and oxygen atoms in total.